The molecular weight excluding hydrogens is 256 g/mol. The van der Waals surface area contributed by atoms with E-state index in [9.17, 15) is 13.6 Å². The first kappa shape index (κ1) is 11.5. The van der Waals surface area contributed by atoms with Crippen LogP contribution in [0, 0.1) is 11.6 Å². The van der Waals surface area contributed by atoms with Crippen LogP contribution in [0.25, 0.3) is 11.2 Å². The van der Waals surface area contributed by atoms with E-state index in [1.165, 1.54) is 23.1 Å². The number of benzene rings is 1. The summed E-state index contributed by atoms with van der Waals surface area (Å²) in [7, 11) is 0. The summed E-state index contributed by atoms with van der Waals surface area (Å²) >= 11 is 0. The van der Waals surface area contributed by atoms with Crippen LogP contribution in [-0.4, -0.2) is 25.0 Å². The fourth-order valence-corrected chi connectivity index (χ4v) is 1.78. The van der Waals surface area contributed by atoms with Crippen LogP contribution in [0.15, 0.2) is 29.3 Å². The van der Waals surface area contributed by atoms with Gasteiger partial charge in [0.25, 0.3) is 5.56 Å². The van der Waals surface area contributed by atoms with Crippen molar-refractivity contribution in [3.05, 3.63) is 52.1 Å². The second-order valence-electron chi connectivity index (χ2n) is 3.93. The monoisotopic (exact) mass is 263 g/mol. The molecule has 0 aliphatic heterocycles. The van der Waals surface area contributed by atoms with Crippen molar-refractivity contribution in [3.8, 4) is 0 Å². The van der Waals surface area contributed by atoms with Crippen LogP contribution in [-0.2, 0) is 6.54 Å². The molecule has 0 unspecified atom stereocenters. The van der Waals surface area contributed by atoms with Crippen molar-refractivity contribution in [1.29, 1.82) is 0 Å². The van der Waals surface area contributed by atoms with E-state index in [4.69, 9.17) is 0 Å². The van der Waals surface area contributed by atoms with E-state index in [1.807, 2.05) is 0 Å². The molecule has 0 fully saturated rings. The zero-order valence-electron chi connectivity index (χ0n) is 9.47. The van der Waals surface area contributed by atoms with Gasteiger partial charge in [0.05, 0.1) is 12.9 Å². The number of nitrogens with one attached hydrogen (secondary N) is 1. The zero-order valence-corrected chi connectivity index (χ0v) is 9.47. The quantitative estimate of drug-likeness (QED) is 0.743. The topological polar surface area (TPSA) is 76.5 Å². The molecule has 2 heterocycles. The van der Waals surface area contributed by atoms with E-state index < -0.39 is 17.2 Å². The highest BCUT2D eigenvalue weighted by Crippen LogP contribution is 2.11. The smallest absolute Gasteiger partial charge is 0.280 e. The molecule has 0 spiro atoms. The number of rotatable bonds is 2. The average molecular weight is 263 g/mol. The van der Waals surface area contributed by atoms with Crippen LogP contribution in [0.5, 0.6) is 0 Å². The molecule has 0 amide bonds. The molecule has 6 nitrogen and oxygen atoms in total. The zero-order chi connectivity index (χ0) is 13.4. The first-order valence-electron chi connectivity index (χ1n) is 5.35. The molecular formula is C11H7F2N5O. The number of hydrogen-bond acceptors (Lipinski definition) is 4. The number of H-pyrrole nitrogens is 1. The van der Waals surface area contributed by atoms with E-state index in [2.05, 4.69) is 20.3 Å². The van der Waals surface area contributed by atoms with Gasteiger partial charge in [0.2, 0.25) is 0 Å². The first-order chi connectivity index (χ1) is 9.13. The van der Waals surface area contributed by atoms with Crippen molar-refractivity contribution in [2.24, 2.45) is 0 Å². The Balaban J connectivity index is 2.06. The molecule has 96 valence electrons. The summed E-state index contributed by atoms with van der Waals surface area (Å²) in [5.74, 6) is -1.35. The van der Waals surface area contributed by atoms with Gasteiger partial charge in [-0.3, -0.25) is 4.79 Å². The molecule has 0 aliphatic carbocycles. The van der Waals surface area contributed by atoms with E-state index in [0.717, 1.165) is 6.07 Å². The van der Waals surface area contributed by atoms with Crippen LogP contribution in [0.2, 0.25) is 0 Å². The van der Waals surface area contributed by atoms with Gasteiger partial charge in [-0.25, -0.2) is 18.4 Å². The standard InChI is InChI=1S/C11H7F2N5O/c12-7-1-6(2-8(13)3-7)4-18-10-9(16-17-18)11(19)15-5-14-10/h1-3,5H,4H2,(H,14,15,19). The van der Waals surface area contributed by atoms with E-state index in [1.54, 1.807) is 0 Å². The van der Waals surface area contributed by atoms with Gasteiger partial charge in [-0.2, -0.15) is 0 Å². The Bertz CT molecular complexity index is 790. The maximum atomic E-state index is 13.1. The van der Waals surface area contributed by atoms with Gasteiger partial charge in [-0.1, -0.05) is 5.21 Å². The van der Waals surface area contributed by atoms with Crippen molar-refractivity contribution in [2.75, 3.05) is 0 Å². The minimum atomic E-state index is -0.676. The SMILES string of the molecule is O=c1[nH]cnc2c1nnn2Cc1cc(F)cc(F)c1. The van der Waals surface area contributed by atoms with Gasteiger partial charge in [0.1, 0.15) is 11.6 Å². The molecule has 0 atom stereocenters. The predicted molar refractivity (Wildman–Crippen MR) is 61.4 cm³/mol. The Morgan fingerprint density at radius 3 is 2.68 bits per heavy atom. The third-order valence-corrected chi connectivity index (χ3v) is 2.56. The maximum absolute atomic E-state index is 13.1. The Morgan fingerprint density at radius 2 is 1.95 bits per heavy atom. The number of fused-ring (bicyclic) bond motifs is 1. The maximum Gasteiger partial charge on any atom is 0.280 e. The fraction of sp³-hybridized carbons (Fsp3) is 0.0909. The molecule has 0 bridgehead atoms. The third-order valence-electron chi connectivity index (χ3n) is 2.56. The molecule has 3 aromatic rings. The average Bonchev–Trinajstić information content (AvgIpc) is 2.73. The lowest BCUT2D eigenvalue weighted by Crippen LogP contribution is -2.08. The molecule has 1 N–H and O–H groups in total. The van der Waals surface area contributed by atoms with E-state index in [0.29, 0.717) is 5.56 Å². The summed E-state index contributed by atoms with van der Waals surface area (Å²) in [6, 6.07) is 3.15. The summed E-state index contributed by atoms with van der Waals surface area (Å²) in [6.45, 7) is 0.0711. The lowest BCUT2D eigenvalue weighted by molar-refractivity contribution is 0.573. The second-order valence-corrected chi connectivity index (χ2v) is 3.93. The number of aromatic nitrogens is 5. The van der Waals surface area contributed by atoms with Gasteiger partial charge in [0, 0.05) is 6.07 Å². The number of aromatic amines is 1. The van der Waals surface area contributed by atoms with Gasteiger partial charge in [0.15, 0.2) is 11.2 Å². The molecule has 0 radical (unpaired) electrons. The highest BCUT2D eigenvalue weighted by molar-refractivity contribution is 5.67. The Morgan fingerprint density at radius 1 is 1.21 bits per heavy atom. The number of nitrogens with zero attached hydrogens (tertiary/aromatic N) is 4. The fourth-order valence-electron chi connectivity index (χ4n) is 1.78. The van der Waals surface area contributed by atoms with Crippen LogP contribution in [0.4, 0.5) is 8.78 Å². The molecule has 8 heteroatoms. The van der Waals surface area contributed by atoms with Crippen molar-refractivity contribution in [1.82, 2.24) is 25.0 Å². The second kappa shape index (κ2) is 4.23. The van der Waals surface area contributed by atoms with Gasteiger partial charge in [-0.15, -0.1) is 5.10 Å². The summed E-state index contributed by atoms with van der Waals surface area (Å²) < 4.78 is 27.5. The highest BCUT2D eigenvalue weighted by atomic mass is 19.1. The molecule has 0 saturated heterocycles. The number of halogens is 2. The lowest BCUT2D eigenvalue weighted by atomic mass is 10.2. The molecule has 0 saturated carbocycles. The summed E-state index contributed by atoms with van der Waals surface area (Å²) in [4.78, 5) is 17.7. The van der Waals surface area contributed by atoms with Crippen molar-refractivity contribution >= 4 is 11.2 Å². The van der Waals surface area contributed by atoms with Crippen molar-refractivity contribution < 1.29 is 8.78 Å². The van der Waals surface area contributed by atoms with Gasteiger partial charge >= 0.3 is 0 Å². The van der Waals surface area contributed by atoms with Gasteiger partial charge < -0.3 is 4.98 Å². The molecule has 2 aromatic heterocycles. The first-order valence-corrected chi connectivity index (χ1v) is 5.35. The van der Waals surface area contributed by atoms with Gasteiger partial charge in [-0.05, 0) is 17.7 Å². The van der Waals surface area contributed by atoms with Crippen molar-refractivity contribution in [3.63, 3.8) is 0 Å². The van der Waals surface area contributed by atoms with Crippen LogP contribution in [0.1, 0.15) is 5.56 Å². The van der Waals surface area contributed by atoms with E-state index >= 15 is 0 Å². The molecule has 3 rings (SSSR count). The summed E-state index contributed by atoms with van der Waals surface area (Å²) in [5.41, 5.74) is 0.292. The van der Waals surface area contributed by atoms with E-state index in [-0.39, 0.29) is 17.7 Å². The predicted octanol–water partition coefficient (Wildman–Crippen LogP) is 0.841. The Kier molecular flexibility index (Phi) is 2.55. The molecule has 0 aliphatic rings. The normalized spacial score (nSPS) is 11.1. The summed E-state index contributed by atoms with van der Waals surface area (Å²) in [6.07, 6.45) is 1.22. The largest absolute Gasteiger partial charge is 0.311 e. The number of hydrogen-bond donors (Lipinski definition) is 1. The molecule has 19 heavy (non-hydrogen) atoms. The molecule has 1 aromatic carbocycles. The minimum absolute atomic E-state index is 0.0711. The minimum Gasteiger partial charge on any atom is -0.311 e. The van der Waals surface area contributed by atoms with Crippen LogP contribution in [0.3, 0.4) is 0 Å². The summed E-state index contributed by atoms with van der Waals surface area (Å²) in [5, 5.41) is 7.43. The highest BCUT2D eigenvalue weighted by Gasteiger charge is 2.10. The lowest BCUT2D eigenvalue weighted by Gasteiger charge is -2.02. The third kappa shape index (κ3) is 2.07. The van der Waals surface area contributed by atoms with Crippen LogP contribution < -0.4 is 5.56 Å². The Hall–Kier alpha value is -2.64. The van der Waals surface area contributed by atoms with Crippen molar-refractivity contribution in [2.45, 2.75) is 6.54 Å². The van der Waals surface area contributed by atoms with Crippen LogP contribution >= 0.6 is 0 Å². The Labute approximate surface area is 104 Å².